The minimum atomic E-state index is -1.35. The molecule has 0 saturated carbocycles. The normalized spacial score (nSPS) is 14.6. The second-order valence-corrected chi connectivity index (χ2v) is 3.28. The summed E-state index contributed by atoms with van der Waals surface area (Å²) in [5, 5.41) is 21.5. The summed E-state index contributed by atoms with van der Waals surface area (Å²) in [6, 6.07) is 5.57. The molecule has 0 bridgehead atoms. The van der Waals surface area contributed by atoms with Crippen molar-refractivity contribution < 1.29 is 10.0 Å². The van der Waals surface area contributed by atoms with Gasteiger partial charge in [-0.2, -0.15) is 0 Å². The first-order valence-electron chi connectivity index (χ1n) is 4.51. The van der Waals surface area contributed by atoms with E-state index in [2.05, 4.69) is 5.32 Å². The lowest BCUT2D eigenvalue weighted by Crippen LogP contribution is -2.35. The Kier molecular flexibility index (Phi) is 2.25. The third-order valence-electron chi connectivity index (χ3n) is 2.41. The smallest absolute Gasteiger partial charge is 0.423 e. The Morgan fingerprint density at radius 1 is 1.31 bits per heavy atom. The van der Waals surface area contributed by atoms with E-state index in [0.717, 1.165) is 30.6 Å². The maximum absolute atomic E-state index is 9.11. The average molecular weight is 177 g/mol. The van der Waals surface area contributed by atoms with Crippen LogP contribution in [-0.4, -0.2) is 23.7 Å². The molecule has 4 heteroatoms. The molecular weight excluding hydrogens is 165 g/mol. The van der Waals surface area contributed by atoms with Crippen molar-refractivity contribution >= 4 is 18.3 Å². The van der Waals surface area contributed by atoms with Crippen molar-refractivity contribution in [3.63, 3.8) is 0 Å². The Balaban J connectivity index is 2.46. The molecule has 2 rings (SSSR count). The van der Waals surface area contributed by atoms with Crippen LogP contribution >= 0.6 is 0 Å². The van der Waals surface area contributed by atoms with Crippen LogP contribution in [-0.2, 0) is 6.42 Å². The van der Waals surface area contributed by atoms with Crippen molar-refractivity contribution in [3.8, 4) is 0 Å². The third kappa shape index (κ3) is 1.55. The molecule has 1 aliphatic heterocycles. The van der Waals surface area contributed by atoms with Crippen LogP contribution in [0.15, 0.2) is 18.2 Å². The summed E-state index contributed by atoms with van der Waals surface area (Å²) in [6.07, 6.45) is 1.98. The number of rotatable bonds is 1. The molecule has 68 valence electrons. The topological polar surface area (TPSA) is 52.5 Å². The first kappa shape index (κ1) is 8.60. The highest BCUT2D eigenvalue weighted by Crippen LogP contribution is 2.19. The standard InChI is InChI=1S/C9H12BNO2/c12-10(13)8-4-1-5-9-7(8)3-2-6-11-9/h1,4-5,11-13H,2-3,6H2. The molecule has 0 unspecified atom stereocenters. The summed E-state index contributed by atoms with van der Waals surface area (Å²) in [5.74, 6) is 0. The summed E-state index contributed by atoms with van der Waals surface area (Å²) >= 11 is 0. The zero-order valence-corrected chi connectivity index (χ0v) is 7.33. The van der Waals surface area contributed by atoms with Crippen LogP contribution in [0.4, 0.5) is 5.69 Å². The molecule has 1 aliphatic rings. The van der Waals surface area contributed by atoms with Gasteiger partial charge in [0.15, 0.2) is 0 Å². The van der Waals surface area contributed by atoms with E-state index in [0.29, 0.717) is 5.46 Å². The second kappa shape index (κ2) is 3.40. The molecule has 0 spiro atoms. The van der Waals surface area contributed by atoms with Gasteiger partial charge in [0, 0.05) is 12.2 Å². The van der Waals surface area contributed by atoms with Gasteiger partial charge in [-0.05, 0) is 29.9 Å². The van der Waals surface area contributed by atoms with E-state index in [9.17, 15) is 0 Å². The number of fused-ring (bicyclic) bond motifs is 1. The zero-order valence-electron chi connectivity index (χ0n) is 7.33. The molecule has 0 fully saturated rings. The maximum atomic E-state index is 9.11. The Morgan fingerprint density at radius 2 is 2.15 bits per heavy atom. The van der Waals surface area contributed by atoms with Gasteiger partial charge in [0.05, 0.1) is 0 Å². The lowest BCUT2D eigenvalue weighted by atomic mass is 9.75. The molecule has 0 amide bonds. The molecule has 1 aromatic rings. The highest BCUT2D eigenvalue weighted by Gasteiger charge is 2.19. The molecule has 0 radical (unpaired) electrons. The number of hydrogen-bond acceptors (Lipinski definition) is 3. The summed E-state index contributed by atoms with van der Waals surface area (Å²) in [7, 11) is -1.35. The van der Waals surface area contributed by atoms with E-state index < -0.39 is 7.12 Å². The Hall–Kier alpha value is -0.995. The maximum Gasteiger partial charge on any atom is 0.488 e. The largest absolute Gasteiger partial charge is 0.488 e. The van der Waals surface area contributed by atoms with E-state index in [4.69, 9.17) is 10.0 Å². The highest BCUT2D eigenvalue weighted by atomic mass is 16.4. The number of benzene rings is 1. The highest BCUT2D eigenvalue weighted by molar-refractivity contribution is 6.59. The summed E-state index contributed by atoms with van der Waals surface area (Å²) in [6.45, 7) is 0.970. The van der Waals surface area contributed by atoms with Crippen molar-refractivity contribution in [1.82, 2.24) is 0 Å². The molecule has 3 N–H and O–H groups in total. The van der Waals surface area contributed by atoms with Gasteiger partial charge in [0.1, 0.15) is 0 Å². The van der Waals surface area contributed by atoms with Crippen molar-refractivity contribution in [1.29, 1.82) is 0 Å². The second-order valence-electron chi connectivity index (χ2n) is 3.28. The third-order valence-corrected chi connectivity index (χ3v) is 2.41. The van der Waals surface area contributed by atoms with Crippen LogP contribution in [0, 0.1) is 0 Å². The molecule has 0 saturated heterocycles. The van der Waals surface area contributed by atoms with Gasteiger partial charge in [0.2, 0.25) is 0 Å². The summed E-state index contributed by atoms with van der Waals surface area (Å²) in [5.41, 5.74) is 2.71. The van der Waals surface area contributed by atoms with Crippen LogP contribution in [0.3, 0.4) is 0 Å². The SMILES string of the molecule is OB(O)c1cccc2c1CCCN2. The monoisotopic (exact) mass is 177 g/mol. The van der Waals surface area contributed by atoms with Crippen LogP contribution in [0.2, 0.25) is 0 Å². The van der Waals surface area contributed by atoms with Gasteiger partial charge < -0.3 is 15.4 Å². The average Bonchev–Trinajstić information content (AvgIpc) is 2.17. The van der Waals surface area contributed by atoms with E-state index in [1.807, 2.05) is 12.1 Å². The molecule has 0 aromatic heterocycles. The molecule has 3 nitrogen and oxygen atoms in total. The predicted octanol–water partition coefficient (Wildman–Crippen LogP) is -0.276. The summed E-state index contributed by atoms with van der Waals surface area (Å²) in [4.78, 5) is 0. The van der Waals surface area contributed by atoms with Crippen molar-refractivity contribution in [2.45, 2.75) is 12.8 Å². The van der Waals surface area contributed by atoms with Crippen LogP contribution in [0.5, 0.6) is 0 Å². The van der Waals surface area contributed by atoms with Gasteiger partial charge in [-0.25, -0.2) is 0 Å². The predicted molar refractivity (Wildman–Crippen MR) is 53.1 cm³/mol. The lowest BCUT2D eigenvalue weighted by Gasteiger charge is -2.20. The van der Waals surface area contributed by atoms with Crippen molar-refractivity contribution in [2.75, 3.05) is 11.9 Å². The van der Waals surface area contributed by atoms with Gasteiger partial charge >= 0.3 is 7.12 Å². The Labute approximate surface area is 77.6 Å². The fraction of sp³-hybridized carbons (Fsp3) is 0.333. The zero-order chi connectivity index (χ0) is 9.26. The van der Waals surface area contributed by atoms with Crippen molar-refractivity contribution in [3.05, 3.63) is 23.8 Å². The van der Waals surface area contributed by atoms with Gasteiger partial charge in [0.25, 0.3) is 0 Å². The fourth-order valence-corrected chi connectivity index (χ4v) is 1.78. The molecule has 1 aromatic carbocycles. The summed E-state index contributed by atoms with van der Waals surface area (Å²) < 4.78 is 0. The van der Waals surface area contributed by atoms with Crippen LogP contribution in [0.25, 0.3) is 0 Å². The Morgan fingerprint density at radius 3 is 2.92 bits per heavy atom. The van der Waals surface area contributed by atoms with Gasteiger partial charge in [-0.15, -0.1) is 0 Å². The number of nitrogens with one attached hydrogen (secondary N) is 1. The number of hydrogen-bond donors (Lipinski definition) is 3. The fourth-order valence-electron chi connectivity index (χ4n) is 1.78. The quantitative estimate of drug-likeness (QED) is 0.517. The minimum Gasteiger partial charge on any atom is -0.423 e. The van der Waals surface area contributed by atoms with E-state index in [1.54, 1.807) is 6.07 Å². The lowest BCUT2D eigenvalue weighted by molar-refractivity contribution is 0.425. The van der Waals surface area contributed by atoms with Gasteiger partial charge in [-0.1, -0.05) is 12.1 Å². The molecule has 0 atom stereocenters. The Bertz CT molecular complexity index is 314. The minimum absolute atomic E-state index is 0.629. The van der Waals surface area contributed by atoms with Crippen LogP contribution < -0.4 is 10.8 Å². The van der Waals surface area contributed by atoms with Gasteiger partial charge in [-0.3, -0.25) is 0 Å². The van der Waals surface area contributed by atoms with Crippen molar-refractivity contribution in [2.24, 2.45) is 0 Å². The molecular formula is C9H12BNO2. The van der Waals surface area contributed by atoms with E-state index >= 15 is 0 Å². The van der Waals surface area contributed by atoms with E-state index in [1.165, 1.54) is 0 Å². The first-order chi connectivity index (χ1) is 6.29. The molecule has 1 heterocycles. The number of anilines is 1. The first-order valence-corrected chi connectivity index (χ1v) is 4.51. The van der Waals surface area contributed by atoms with E-state index in [-0.39, 0.29) is 0 Å². The molecule has 13 heavy (non-hydrogen) atoms. The van der Waals surface area contributed by atoms with Crippen LogP contribution in [0.1, 0.15) is 12.0 Å². The molecule has 0 aliphatic carbocycles.